The van der Waals surface area contributed by atoms with E-state index in [4.69, 9.17) is 18.6 Å². The Morgan fingerprint density at radius 3 is 2.24 bits per heavy atom. The first-order valence-electron chi connectivity index (χ1n) is 5.94. The third kappa shape index (κ3) is 2.86. The maximum atomic E-state index is 11.9. The molecule has 7 heteroatoms. The molecule has 0 amide bonds. The number of fused-ring (bicyclic) bond motifs is 1. The summed E-state index contributed by atoms with van der Waals surface area (Å²) in [7, 11) is 1.41. The zero-order valence-corrected chi connectivity index (χ0v) is 11.6. The van der Waals surface area contributed by atoms with Crippen molar-refractivity contribution in [2.75, 3.05) is 7.11 Å². The van der Waals surface area contributed by atoms with Gasteiger partial charge in [-0.15, -0.1) is 0 Å². The molecule has 1 aromatic heterocycles. The van der Waals surface area contributed by atoms with Gasteiger partial charge in [-0.3, -0.25) is 9.59 Å². The van der Waals surface area contributed by atoms with E-state index in [1.807, 2.05) is 0 Å². The number of carbonyl (C=O) groups is 2. The van der Waals surface area contributed by atoms with Crippen LogP contribution in [-0.2, 0) is 9.59 Å². The second-order valence-electron chi connectivity index (χ2n) is 4.07. The van der Waals surface area contributed by atoms with Crippen LogP contribution in [-0.4, -0.2) is 19.0 Å². The van der Waals surface area contributed by atoms with Crippen molar-refractivity contribution < 1.29 is 28.2 Å². The predicted octanol–water partition coefficient (Wildman–Crippen LogP) is 1.65. The SMILES string of the molecule is COc1cccc2oc(=O)c(OC(C)=O)c(OC(C)=O)c12. The number of hydrogen-bond acceptors (Lipinski definition) is 7. The Kier molecular flexibility index (Phi) is 3.93. The number of methoxy groups -OCH3 is 1. The second-order valence-corrected chi connectivity index (χ2v) is 4.07. The summed E-state index contributed by atoms with van der Waals surface area (Å²) < 4.78 is 20.0. The van der Waals surface area contributed by atoms with Crippen LogP contribution in [0.5, 0.6) is 17.2 Å². The van der Waals surface area contributed by atoms with Gasteiger partial charge in [-0.05, 0) is 12.1 Å². The fourth-order valence-corrected chi connectivity index (χ4v) is 1.82. The molecule has 0 radical (unpaired) electrons. The lowest BCUT2D eigenvalue weighted by molar-refractivity contribution is -0.134. The zero-order chi connectivity index (χ0) is 15.6. The molecule has 0 saturated carbocycles. The van der Waals surface area contributed by atoms with Crippen molar-refractivity contribution in [3.8, 4) is 17.2 Å². The Balaban J connectivity index is 2.87. The van der Waals surface area contributed by atoms with E-state index < -0.39 is 23.3 Å². The van der Waals surface area contributed by atoms with Crippen molar-refractivity contribution in [2.24, 2.45) is 0 Å². The standard InChI is InChI=1S/C14H12O7/c1-7(15)19-12-11-9(18-3)5-4-6-10(11)21-14(17)13(12)20-8(2)16/h4-6H,1-3H3. The number of carbonyl (C=O) groups excluding carboxylic acids is 2. The molecule has 0 N–H and O–H groups in total. The number of ether oxygens (including phenoxy) is 3. The van der Waals surface area contributed by atoms with Gasteiger partial charge in [0.05, 0.1) is 7.11 Å². The normalized spacial score (nSPS) is 10.2. The van der Waals surface area contributed by atoms with Crippen molar-refractivity contribution in [3.63, 3.8) is 0 Å². The van der Waals surface area contributed by atoms with Crippen LogP contribution in [0.3, 0.4) is 0 Å². The van der Waals surface area contributed by atoms with Crippen molar-refractivity contribution >= 4 is 22.9 Å². The van der Waals surface area contributed by atoms with Gasteiger partial charge in [-0.25, -0.2) is 4.79 Å². The molecule has 0 saturated heterocycles. The first kappa shape index (κ1) is 14.6. The number of esters is 2. The summed E-state index contributed by atoms with van der Waals surface area (Å²) in [6.07, 6.45) is 0. The lowest BCUT2D eigenvalue weighted by Crippen LogP contribution is -2.15. The highest BCUT2D eigenvalue weighted by molar-refractivity contribution is 5.94. The van der Waals surface area contributed by atoms with Crippen LogP contribution >= 0.6 is 0 Å². The van der Waals surface area contributed by atoms with E-state index in [0.717, 1.165) is 13.8 Å². The minimum Gasteiger partial charge on any atom is -0.496 e. The lowest BCUT2D eigenvalue weighted by atomic mass is 10.2. The van der Waals surface area contributed by atoms with Gasteiger partial charge < -0.3 is 18.6 Å². The highest BCUT2D eigenvalue weighted by Gasteiger charge is 2.23. The summed E-state index contributed by atoms with van der Waals surface area (Å²) in [5, 5.41) is 0.228. The molecule has 0 aliphatic heterocycles. The summed E-state index contributed by atoms with van der Waals surface area (Å²) in [6.45, 7) is 2.27. The molecule has 7 nitrogen and oxygen atoms in total. The average molecular weight is 292 g/mol. The quantitative estimate of drug-likeness (QED) is 0.627. The lowest BCUT2D eigenvalue weighted by Gasteiger charge is -2.12. The third-order valence-corrected chi connectivity index (χ3v) is 2.52. The van der Waals surface area contributed by atoms with Gasteiger partial charge in [0.25, 0.3) is 5.75 Å². The molecule has 21 heavy (non-hydrogen) atoms. The summed E-state index contributed by atoms with van der Waals surface area (Å²) in [4.78, 5) is 34.3. The number of hydrogen-bond donors (Lipinski definition) is 0. The number of benzene rings is 1. The summed E-state index contributed by atoms with van der Waals surface area (Å²) in [6, 6.07) is 4.70. The molecule has 110 valence electrons. The smallest absolute Gasteiger partial charge is 0.383 e. The van der Waals surface area contributed by atoms with Crippen LogP contribution in [0, 0.1) is 0 Å². The minimum absolute atomic E-state index is 0.145. The molecule has 0 atom stereocenters. The van der Waals surface area contributed by atoms with Crippen LogP contribution in [0.2, 0.25) is 0 Å². The van der Waals surface area contributed by atoms with E-state index in [0.29, 0.717) is 5.75 Å². The van der Waals surface area contributed by atoms with Crippen molar-refractivity contribution in [3.05, 3.63) is 28.6 Å². The molecule has 0 spiro atoms. The van der Waals surface area contributed by atoms with Gasteiger partial charge in [0.1, 0.15) is 16.7 Å². The molecular weight excluding hydrogens is 280 g/mol. The van der Waals surface area contributed by atoms with E-state index in [9.17, 15) is 14.4 Å². The highest BCUT2D eigenvalue weighted by Crippen LogP contribution is 2.38. The molecule has 0 aliphatic carbocycles. The minimum atomic E-state index is -0.929. The van der Waals surface area contributed by atoms with Crippen molar-refractivity contribution in [1.82, 2.24) is 0 Å². The molecule has 1 aromatic carbocycles. The van der Waals surface area contributed by atoms with Gasteiger partial charge in [0, 0.05) is 13.8 Å². The first-order chi connectivity index (χ1) is 9.93. The monoisotopic (exact) mass is 292 g/mol. The average Bonchev–Trinajstić information content (AvgIpc) is 2.41. The van der Waals surface area contributed by atoms with Crippen LogP contribution < -0.4 is 19.8 Å². The maximum absolute atomic E-state index is 11.9. The van der Waals surface area contributed by atoms with E-state index in [2.05, 4.69) is 0 Å². The van der Waals surface area contributed by atoms with E-state index in [1.165, 1.54) is 13.2 Å². The fraction of sp³-hybridized carbons (Fsp3) is 0.214. The van der Waals surface area contributed by atoms with Crippen molar-refractivity contribution in [1.29, 1.82) is 0 Å². The zero-order valence-electron chi connectivity index (χ0n) is 11.6. The summed E-state index contributed by atoms with van der Waals surface area (Å²) in [5.41, 5.74) is -0.784. The van der Waals surface area contributed by atoms with Gasteiger partial charge in [0.2, 0.25) is 0 Å². The van der Waals surface area contributed by atoms with Crippen LogP contribution in [0.4, 0.5) is 0 Å². The predicted molar refractivity (Wildman–Crippen MR) is 71.7 cm³/mol. The number of rotatable bonds is 3. The molecule has 0 aliphatic rings. The van der Waals surface area contributed by atoms with E-state index >= 15 is 0 Å². The largest absolute Gasteiger partial charge is 0.496 e. The third-order valence-electron chi connectivity index (χ3n) is 2.52. The van der Waals surface area contributed by atoms with Crippen molar-refractivity contribution in [2.45, 2.75) is 13.8 Å². The van der Waals surface area contributed by atoms with Crippen LogP contribution in [0.15, 0.2) is 27.4 Å². The Hall–Kier alpha value is -2.83. The Labute approximate surface area is 119 Å². The first-order valence-corrected chi connectivity index (χ1v) is 5.94. The fourth-order valence-electron chi connectivity index (χ4n) is 1.82. The molecule has 2 rings (SSSR count). The molecule has 0 fully saturated rings. The summed E-state index contributed by atoms with van der Waals surface area (Å²) in [5.74, 6) is -1.82. The Morgan fingerprint density at radius 1 is 1.05 bits per heavy atom. The van der Waals surface area contributed by atoms with Gasteiger partial charge in [-0.2, -0.15) is 0 Å². The van der Waals surface area contributed by atoms with Crippen LogP contribution in [0.1, 0.15) is 13.8 Å². The molecular formula is C14H12O7. The summed E-state index contributed by atoms with van der Waals surface area (Å²) >= 11 is 0. The van der Waals surface area contributed by atoms with Crippen LogP contribution in [0.25, 0.3) is 11.0 Å². The molecule has 0 unspecified atom stereocenters. The molecule has 1 heterocycles. The van der Waals surface area contributed by atoms with E-state index in [-0.39, 0.29) is 16.7 Å². The van der Waals surface area contributed by atoms with Gasteiger partial charge >= 0.3 is 17.6 Å². The Bertz CT molecular complexity index is 773. The van der Waals surface area contributed by atoms with Gasteiger partial charge in [-0.1, -0.05) is 6.07 Å². The highest BCUT2D eigenvalue weighted by atomic mass is 16.6. The van der Waals surface area contributed by atoms with E-state index in [1.54, 1.807) is 12.1 Å². The molecule has 0 bridgehead atoms. The van der Waals surface area contributed by atoms with Gasteiger partial charge in [0.15, 0.2) is 5.75 Å². The maximum Gasteiger partial charge on any atom is 0.383 e. The molecule has 2 aromatic rings. The second kappa shape index (κ2) is 5.66. The Morgan fingerprint density at radius 2 is 1.67 bits per heavy atom. The topological polar surface area (TPSA) is 92.0 Å².